The van der Waals surface area contributed by atoms with E-state index in [1.54, 1.807) is 0 Å². The van der Waals surface area contributed by atoms with E-state index in [1.165, 1.54) is 22.3 Å². The first kappa shape index (κ1) is 29.4. The van der Waals surface area contributed by atoms with Crippen LogP contribution >= 0.6 is 0 Å². The fourth-order valence-corrected chi connectivity index (χ4v) is 6.66. The van der Waals surface area contributed by atoms with E-state index in [1.807, 2.05) is 48.5 Å². The van der Waals surface area contributed by atoms with Crippen molar-refractivity contribution in [2.24, 2.45) is 0 Å². The molecule has 224 valence electrons. The number of rotatable bonds is 8. The van der Waals surface area contributed by atoms with Gasteiger partial charge in [-0.15, -0.1) is 0 Å². The van der Waals surface area contributed by atoms with E-state index < -0.39 is 0 Å². The van der Waals surface area contributed by atoms with Gasteiger partial charge in [0, 0.05) is 16.8 Å². The summed E-state index contributed by atoms with van der Waals surface area (Å²) in [7, 11) is 0. The van der Waals surface area contributed by atoms with Crippen LogP contribution in [0.2, 0.25) is 0 Å². The van der Waals surface area contributed by atoms with Crippen molar-refractivity contribution in [3.05, 3.63) is 143 Å². The molecule has 6 rings (SSSR count). The number of anilines is 2. The molecule has 0 aromatic heterocycles. The molecule has 1 saturated carbocycles. The SMILES string of the molecule is CCc1ccc(C2CCC(c3ccc(Oc4ccc(N)cc4)c(C)c3)(c3ccc(Oc4ccc(N)cc4)c(C)c3)CC2)cc1. The molecule has 0 bridgehead atoms. The summed E-state index contributed by atoms with van der Waals surface area (Å²) in [6, 6.07) is 37.8. The van der Waals surface area contributed by atoms with Crippen molar-refractivity contribution in [1.82, 2.24) is 0 Å². The van der Waals surface area contributed by atoms with Gasteiger partial charge in [-0.3, -0.25) is 0 Å². The summed E-state index contributed by atoms with van der Waals surface area (Å²) in [5.74, 6) is 3.86. The molecule has 0 amide bonds. The maximum Gasteiger partial charge on any atom is 0.130 e. The third-order valence-electron chi connectivity index (χ3n) is 9.37. The number of nitrogen functional groups attached to an aromatic ring is 2. The van der Waals surface area contributed by atoms with Gasteiger partial charge in [-0.1, -0.05) is 55.5 Å². The third kappa shape index (κ3) is 6.16. The van der Waals surface area contributed by atoms with Crippen LogP contribution in [0.4, 0.5) is 11.4 Å². The molecule has 0 spiro atoms. The van der Waals surface area contributed by atoms with Gasteiger partial charge in [0.05, 0.1) is 0 Å². The van der Waals surface area contributed by atoms with Crippen molar-refractivity contribution in [1.29, 1.82) is 0 Å². The molecule has 0 saturated heterocycles. The van der Waals surface area contributed by atoms with E-state index in [9.17, 15) is 0 Å². The molecule has 0 heterocycles. The summed E-state index contributed by atoms with van der Waals surface area (Å²) in [6.07, 6.45) is 5.49. The van der Waals surface area contributed by atoms with Crippen LogP contribution in [-0.2, 0) is 11.8 Å². The maximum atomic E-state index is 6.26. The van der Waals surface area contributed by atoms with Gasteiger partial charge in [-0.05, 0) is 146 Å². The zero-order valence-electron chi connectivity index (χ0n) is 26.0. The molecule has 4 N–H and O–H groups in total. The molecular formula is C40H42N2O2. The summed E-state index contributed by atoms with van der Waals surface area (Å²) in [4.78, 5) is 0. The number of nitrogens with two attached hydrogens (primary N) is 2. The van der Waals surface area contributed by atoms with Crippen LogP contribution in [-0.4, -0.2) is 0 Å². The van der Waals surface area contributed by atoms with E-state index in [0.717, 1.165) is 77.6 Å². The minimum absolute atomic E-state index is 0.102. The van der Waals surface area contributed by atoms with E-state index >= 15 is 0 Å². The molecular weight excluding hydrogens is 540 g/mol. The second-order valence-electron chi connectivity index (χ2n) is 12.3. The molecule has 1 aliphatic rings. The molecule has 5 aromatic carbocycles. The molecule has 1 fully saturated rings. The zero-order valence-corrected chi connectivity index (χ0v) is 26.0. The van der Waals surface area contributed by atoms with Gasteiger partial charge in [0.2, 0.25) is 0 Å². The van der Waals surface area contributed by atoms with Crippen molar-refractivity contribution in [2.45, 2.75) is 64.2 Å². The highest BCUT2D eigenvalue weighted by atomic mass is 16.5. The highest BCUT2D eigenvalue weighted by Gasteiger charge is 2.39. The first-order chi connectivity index (χ1) is 21.3. The number of aryl methyl sites for hydroxylation is 3. The lowest BCUT2D eigenvalue weighted by Gasteiger charge is -2.42. The Morgan fingerprint density at radius 2 is 1.07 bits per heavy atom. The predicted molar refractivity (Wildman–Crippen MR) is 182 cm³/mol. The lowest BCUT2D eigenvalue weighted by atomic mass is 9.62. The number of ether oxygens (including phenoxy) is 2. The molecule has 5 aromatic rings. The Bertz CT molecular complexity index is 1620. The Morgan fingerprint density at radius 3 is 1.48 bits per heavy atom. The Morgan fingerprint density at radius 1 is 0.614 bits per heavy atom. The van der Waals surface area contributed by atoms with E-state index in [0.29, 0.717) is 5.92 Å². The molecule has 1 aliphatic carbocycles. The Balaban J connectivity index is 1.32. The third-order valence-corrected chi connectivity index (χ3v) is 9.37. The minimum Gasteiger partial charge on any atom is -0.457 e. The molecule has 4 heteroatoms. The fraction of sp³-hybridized carbons (Fsp3) is 0.250. The standard InChI is InChI=1S/C40H42N2O2/c1-4-29-5-7-30(8-6-29)31-21-23-40(24-22-31,32-9-19-38(27(2)25-32)43-36-15-11-34(41)12-16-36)33-10-20-39(28(3)26-33)44-37-17-13-35(42)14-18-37/h5-20,25-26,31H,4,21-24,41-42H2,1-3H3. The van der Waals surface area contributed by atoms with Crippen molar-refractivity contribution >= 4 is 11.4 Å². The Kier molecular flexibility index (Phi) is 8.34. The minimum atomic E-state index is -0.102. The largest absolute Gasteiger partial charge is 0.457 e. The summed E-state index contributed by atoms with van der Waals surface area (Å²) in [6.45, 7) is 6.49. The van der Waals surface area contributed by atoms with Gasteiger partial charge in [0.15, 0.2) is 0 Å². The average molecular weight is 583 g/mol. The molecule has 0 aliphatic heterocycles. The van der Waals surface area contributed by atoms with Crippen LogP contribution < -0.4 is 20.9 Å². The van der Waals surface area contributed by atoms with Crippen LogP contribution in [0.25, 0.3) is 0 Å². The maximum absolute atomic E-state index is 6.26. The molecule has 0 radical (unpaired) electrons. The van der Waals surface area contributed by atoms with E-state index in [2.05, 4.69) is 81.4 Å². The predicted octanol–water partition coefficient (Wildman–Crippen LogP) is 10.3. The van der Waals surface area contributed by atoms with Gasteiger partial charge < -0.3 is 20.9 Å². The monoisotopic (exact) mass is 582 g/mol. The molecule has 0 atom stereocenters. The van der Waals surface area contributed by atoms with Crippen LogP contribution in [0, 0.1) is 13.8 Å². The van der Waals surface area contributed by atoms with Crippen LogP contribution in [0.3, 0.4) is 0 Å². The lowest BCUT2D eigenvalue weighted by Crippen LogP contribution is -2.33. The van der Waals surface area contributed by atoms with Crippen molar-refractivity contribution in [2.75, 3.05) is 11.5 Å². The normalized spacial score (nSPS) is 14.7. The fourth-order valence-electron chi connectivity index (χ4n) is 6.66. The molecule has 0 unspecified atom stereocenters. The second-order valence-corrected chi connectivity index (χ2v) is 12.3. The Hall–Kier alpha value is -4.70. The van der Waals surface area contributed by atoms with E-state index in [4.69, 9.17) is 20.9 Å². The van der Waals surface area contributed by atoms with E-state index in [-0.39, 0.29) is 5.41 Å². The molecule has 4 nitrogen and oxygen atoms in total. The second kappa shape index (κ2) is 12.5. The lowest BCUT2D eigenvalue weighted by molar-refractivity contribution is 0.314. The van der Waals surface area contributed by atoms with Crippen LogP contribution in [0.15, 0.2) is 109 Å². The highest BCUT2D eigenvalue weighted by Crippen LogP contribution is 2.50. The van der Waals surface area contributed by atoms with Crippen molar-refractivity contribution in [3.8, 4) is 23.0 Å². The summed E-state index contributed by atoms with van der Waals surface area (Å²) < 4.78 is 12.5. The summed E-state index contributed by atoms with van der Waals surface area (Å²) in [5.41, 5.74) is 20.9. The van der Waals surface area contributed by atoms with Gasteiger partial charge in [-0.25, -0.2) is 0 Å². The van der Waals surface area contributed by atoms with Crippen molar-refractivity contribution < 1.29 is 9.47 Å². The average Bonchev–Trinajstić information content (AvgIpc) is 3.05. The van der Waals surface area contributed by atoms with Gasteiger partial charge >= 0.3 is 0 Å². The molecule has 44 heavy (non-hydrogen) atoms. The van der Waals surface area contributed by atoms with Gasteiger partial charge in [0.1, 0.15) is 23.0 Å². The quantitative estimate of drug-likeness (QED) is 0.179. The number of benzene rings is 5. The van der Waals surface area contributed by atoms with Crippen LogP contribution in [0.5, 0.6) is 23.0 Å². The first-order valence-corrected chi connectivity index (χ1v) is 15.7. The van der Waals surface area contributed by atoms with Gasteiger partial charge in [0.25, 0.3) is 0 Å². The zero-order chi connectivity index (χ0) is 30.7. The first-order valence-electron chi connectivity index (χ1n) is 15.7. The highest BCUT2D eigenvalue weighted by molar-refractivity contribution is 5.51. The Labute approximate surface area is 261 Å². The smallest absolute Gasteiger partial charge is 0.130 e. The number of hydrogen-bond acceptors (Lipinski definition) is 4. The van der Waals surface area contributed by atoms with Gasteiger partial charge in [-0.2, -0.15) is 0 Å². The van der Waals surface area contributed by atoms with Crippen molar-refractivity contribution in [3.63, 3.8) is 0 Å². The number of hydrogen-bond donors (Lipinski definition) is 2. The van der Waals surface area contributed by atoms with Crippen LogP contribution in [0.1, 0.15) is 71.9 Å². The summed E-state index contributed by atoms with van der Waals surface area (Å²) >= 11 is 0. The summed E-state index contributed by atoms with van der Waals surface area (Å²) in [5, 5.41) is 0. The topological polar surface area (TPSA) is 70.5 Å².